The van der Waals surface area contributed by atoms with Gasteiger partial charge in [-0.15, -0.1) is 0 Å². The maximum absolute atomic E-state index is 11.5. The third-order valence-electron chi connectivity index (χ3n) is 1.93. The van der Waals surface area contributed by atoms with E-state index in [4.69, 9.17) is 5.11 Å². The molecule has 1 amide bonds. The highest BCUT2D eigenvalue weighted by Crippen LogP contribution is 2.03. The molecule has 4 heteroatoms. The predicted molar refractivity (Wildman–Crippen MR) is 49.3 cm³/mol. The van der Waals surface area contributed by atoms with Gasteiger partial charge in [0.2, 0.25) is 5.91 Å². The lowest BCUT2D eigenvalue weighted by atomic mass is 10.1. The van der Waals surface area contributed by atoms with Crippen molar-refractivity contribution in [1.29, 1.82) is 0 Å². The van der Waals surface area contributed by atoms with E-state index in [1.54, 1.807) is 4.90 Å². The van der Waals surface area contributed by atoms with Crippen molar-refractivity contribution in [3.63, 3.8) is 0 Å². The van der Waals surface area contributed by atoms with Crippen LogP contribution in [0.3, 0.4) is 0 Å². The van der Waals surface area contributed by atoms with E-state index >= 15 is 0 Å². The second-order valence-corrected chi connectivity index (χ2v) is 2.98. The summed E-state index contributed by atoms with van der Waals surface area (Å²) in [5, 5.41) is 8.62. The molecule has 0 saturated carbocycles. The second-order valence-electron chi connectivity index (χ2n) is 2.98. The van der Waals surface area contributed by atoms with E-state index in [-0.39, 0.29) is 5.91 Å². The minimum absolute atomic E-state index is 0.295. The number of nitrogens with zero attached hydrogens (tertiary/aromatic N) is 1. The van der Waals surface area contributed by atoms with Crippen LogP contribution in [0.25, 0.3) is 0 Å². The Labute approximate surface area is 78.5 Å². The van der Waals surface area contributed by atoms with Crippen LogP contribution in [0.15, 0.2) is 0 Å². The fourth-order valence-corrected chi connectivity index (χ4v) is 1.07. The highest BCUT2D eigenvalue weighted by Gasteiger charge is 2.24. The molecule has 4 nitrogen and oxygen atoms in total. The number of aliphatic carboxylic acids is 1. The standard InChI is InChI=1S/C9H17NO3/c1-4-6-10(5-2)8(11)7(3)9(12)13/h7H,4-6H2,1-3H3,(H,12,13). The Bertz CT molecular complexity index is 191. The lowest BCUT2D eigenvalue weighted by Crippen LogP contribution is -2.38. The number of rotatable bonds is 5. The maximum Gasteiger partial charge on any atom is 0.315 e. The number of amides is 1. The minimum Gasteiger partial charge on any atom is -0.481 e. The summed E-state index contributed by atoms with van der Waals surface area (Å²) in [6.45, 7) is 6.43. The summed E-state index contributed by atoms with van der Waals surface area (Å²) in [4.78, 5) is 23.5. The molecule has 76 valence electrons. The maximum atomic E-state index is 11.5. The SMILES string of the molecule is CCCN(CC)C(=O)C(C)C(=O)O. The van der Waals surface area contributed by atoms with Crippen LogP contribution in [0.2, 0.25) is 0 Å². The molecule has 0 aliphatic carbocycles. The van der Waals surface area contributed by atoms with Crippen molar-refractivity contribution in [2.24, 2.45) is 5.92 Å². The summed E-state index contributed by atoms with van der Waals surface area (Å²) < 4.78 is 0. The van der Waals surface area contributed by atoms with E-state index in [9.17, 15) is 9.59 Å². The van der Waals surface area contributed by atoms with E-state index in [1.807, 2.05) is 13.8 Å². The monoisotopic (exact) mass is 187 g/mol. The molecule has 0 bridgehead atoms. The van der Waals surface area contributed by atoms with Gasteiger partial charge in [-0.05, 0) is 20.3 Å². The smallest absolute Gasteiger partial charge is 0.315 e. The highest BCUT2D eigenvalue weighted by molar-refractivity contribution is 5.96. The average molecular weight is 187 g/mol. The summed E-state index contributed by atoms with van der Waals surface area (Å²) in [6.07, 6.45) is 0.853. The lowest BCUT2D eigenvalue weighted by molar-refractivity contribution is -0.150. The first-order valence-electron chi connectivity index (χ1n) is 4.56. The van der Waals surface area contributed by atoms with Crippen LogP contribution in [0, 0.1) is 5.92 Å². The van der Waals surface area contributed by atoms with Crippen molar-refractivity contribution >= 4 is 11.9 Å². The third-order valence-corrected chi connectivity index (χ3v) is 1.93. The first-order valence-corrected chi connectivity index (χ1v) is 4.56. The Kier molecular flexibility index (Phi) is 5.11. The zero-order valence-electron chi connectivity index (χ0n) is 8.41. The fraction of sp³-hybridized carbons (Fsp3) is 0.778. The Hall–Kier alpha value is -1.06. The van der Waals surface area contributed by atoms with Gasteiger partial charge in [0, 0.05) is 13.1 Å². The number of hydrogen-bond donors (Lipinski definition) is 1. The molecule has 0 aliphatic heterocycles. The molecular formula is C9H17NO3. The van der Waals surface area contributed by atoms with Gasteiger partial charge in [0.25, 0.3) is 0 Å². The molecular weight excluding hydrogens is 170 g/mol. The van der Waals surface area contributed by atoms with Crippen LogP contribution >= 0.6 is 0 Å². The first kappa shape index (κ1) is 11.9. The summed E-state index contributed by atoms with van der Waals surface area (Å²) in [5.74, 6) is -2.28. The van der Waals surface area contributed by atoms with Gasteiger partial charge in [-0.3, -0.25) is 9.59 Å². The van der Waals surface area contributed by atoms with Crippen molar-refractivity contribution in [2.45, 2.75) is 27.2 Å². The van der Waals surface area contributed by atoms with Crippen LogP contribution in [0.1, 0.15) is 27.2 Å². The summed E-state index contributed by atoms with van der Waals surface area (Å²) in [5.41, 5.74) is 0. The predicted octanol–water partition coefficient (Wildman–Crippen LogP) is 0.966. The number of carbonyl (C=O) groups is 2. The van der Waals surface area contributed by atoms with Crippen molar-refractivity contribution in [1.82, 2.24) is 4.90 Å². The zero-order valence-corrected chi connectivity index (χ0v) is 8.41. The highest BCUT2D eigenvalue weighted by atomic mass is 16.4. The number of carboxylic acid groups (broad SMARTS) is 1. The molecule has 0 saturated heterocycles. The Morgan fingerprint density at radius 3 is 2.23 bits per heavy atom. The number of carboxylic acids is 1. The van der Waals surface area contributed by atoms with E-state index in [2.05, 4.69) is 0 Å². The minimum atomic E-state index is -1.06. The van der Waals surface area contributed by atoms with Crippen LogP contribution in [-0.2, 0) is 9.59 Å². The molecule has 0 aromatic carbocycles. The normalized spacial score (nSPS) is 12.2. The van der Waals surface area contributed by atoms with Gasteiger partial charge in [-0.25, -0.2) is 0 Å². The van der Waals surface area contributed by atoms with Gasteiger partial charge in [-0.1, -0.05) is 6.92 Å². The van der Waals surface area contributed by atoms with E-state index in [0.29, 0.717) is 13.1 Å². The van der Waals surface area contributed by atoms with Crippen LogP contribution in [-0.4, -0.2) is 35.0 Å². The molecule has 1 N–H and O–H groups in total. The van der Waals surface area contributed by atoms with Crippen molar-refractivity contribution in [3.05, 3.63) is 0 Å². The molecule has 13 heavy (non-hydrogen) atoms. The topological polar surface area (TPSA) is 57.6 Å². The van der Waals surface area contributed by atoms with Gasteiger partial charge >= 0.3 is 5.97 Å². The Balaban J connectivity index is 4.27. The van der Waals surface area contributed by atoms with Crippen LogP contribution in [0.5, 0.6) is 0 Å². The molecule has 0 heterocycles. The van der Waals surface area contributed by atoms with Gasteiger partial charge < -0.3 is 10.0 Å². The van der Waals surface area contributed by atoms with Crippen molar-refractivity contribution in [2.75, 3.05) is 13.1 Å². The Morgan fingerprint density at radius 1 is 1.38 bits per heavy atom. The summed E-state index contributed by atoms with van der Waals surface area (Å²) in [6, 6.07) is 0. The molecule has 0 fully saturated rings. The third kappa shape index (κ3) is 3.44. The lowest BCUT2D eigenvalue weighted by Gasteiger charge is -2.21. The summed E-state index contributed by atoms with van der Waals surface area (Å²) in [7, 11) is 0. The quantitative estimate of drug-likeness (QED) is 0.652. The van der Waals surface area contributed by atoms with Gasteiger partial charge in [0.05, 0.1) is 0 Å². The van der Waals surface area contributed by atoms with Gasteiger partial charge in [0.15, 0.2) is 0 Å². The molecule has 0 aliphatic rings. The summed E-state index contributed by atoms with van der Waals surface area (Å²) >= 11 is 0. The zero-order chi connectivity index (χ0) is 10.4. The van der Waals surface area contributed by atoms with Crippen LogP contribution in [0.4, 0.5) is 0 Å². The second kappa shape index (κ2) is 5.56. The van der Waals surface area contributed by atoms with Crippen molar-refractivity contribution in [3.8, 4) is 0 Å². The van der Waals surface area contributed by atoms with Crippen LogP contribution < -0.4 is 0 Å². The largest absolute Gasteiger partial charge is 0.481 e. The molecule has 1 unspecified atom stereocenters. The number of carbonyl (C=O) groups excluding carboxylic acids is 1. The van der Waals surface area contributed by atoms with Gasteiger partial charge in [-0.2, -0.15) is 0 Å². The average Bonchev–Trinajstić information content (AvgIpc) is 2.11. The molecule has 1 atom stereocenters. The van der Waals surface area contributed by atoms with Gasteiger partial charge in [0.1, 0.15) is 5.92 Å². The Morgan fingerprint density at radius 2 is 1.92 bits per heavy atom. The molecule has 0 spiro atoms. The molecule has 0 radical (unpaired) electrons. The molecule has 0 rings (SSSR count). The van der Waals surface area contributed by atoms with Crippen molar-refractivity contribution < 1.29 is 14.7 Å². The first-order chi connectivity index (χ1) is 6.04. The van der Waals surface area contributed by atoms with E-state index in [0.717, 1.165) is 6.42 Å². The fourth-order valence-electron chi connectivity index (χ4n) is 1.07. The molecule has 0 aromatic rings. The van der Waals surface area contributed by atoms with E-state index < -0.39 is 11.9 Å². The molecule has 0 aromatic heterocycles. The number of hydrogen-bond acceptors (Lipinski definition) is 2. The van der Waals surface area contributed by atoms with E-state index in [1.165, 1.54) is 6.92 Å².